The van der Waals surface area contributed by atoms with E-state index in [4.69, 9.17) is 14.6 Å². The highest BCUT2D eigenvalue weighted by molar-refractivity contribution is 5.85. The van der Waals surface area contributed by atoms with Gasteiger partial charge in [-0.1, -0.05) is 19.1 Å². The van der Waals surface area contributed by atoms with Crippen LogP contribution >= 0.6 is 0 Å². The van der Waals surface area contributed by atoms with E-state index in [0.717, 1.165) is 23.8 Å². The fraction of sp³-hybridized carbons (Fsp3) is 0.400. The van der Waals surface area contributed by atoms with Gasteiger partial charge < -0.3 is 14.6 Å². The molecule has 1 aromatic rings. The van der Waals surface area contributed by atoms with Crippen molar-refractivity contribution in [3.8, 4) is 5.75 Å². The molecular weight excluding hydrogens is 244 g/mol. The van der Waals surface area contributed by atoms with Crippen LogP contribution in [0, 0.1) is 0 Å². The summed E-state index contributed by atoms with van der Waals surface area (Å²) < 4.78 is 11.0. The Hall–Kier alpha value is -1.81. The first-order valence-electron chi connectivity index (χ1n) is 6.37. The van der Waals surface area contributed by atoms with Crippen molar-refractivity contribution in [1.82, 2.24) is 0 Å². The van der Waals surface area contributed by atoms with Gasteiger partial charge in [-0.2, -0.15) is 0 Å². The van der Waals surface area contributed by atoms with E-state index in [0.29, 0.717) is 13.2 Å². The summed E-state index contributed by atoms with van der Waals surface area (Å²) in [6.45, 7) is 5.18. The molecule has 1 aromatic carbocycles. The summed E-state index contributed by atoms with van der Waals surface area (Å²) in [6.07, 6.45) is 3.89. The van der Waals surface area contributed by atoms with Crippen molar-refractivity contribution in [1.29, 1.82) is 0 Å². The Kier molecular flexibility index (Phi) is 6.68. The zero-order chi connectivity index (χ0) is 14.1. The number of carboxylic acids is 1. The highest BCUT2D eigenvalue weighted by Crippen LogP contribution is 2.13. The van der Waals surface area contributed by atoms with Gasteiger partial charge in [0.05, 0.1) is 12.7 Å². The standard InChI is InChI=1S/C15H20O4/c1-3-12(2)18-10-11-19-14-7-4-13(5-8-14)6-9-15(16)17/h4-9,12H,3,10-11H2,1-2H3,(H,16,17). The molecule has 4 nitrogen and oxygen atoms in total. The zero-order valence-corrected chi connectivity index (χ0v) is 11.3. The Morgan fingerprint density at radius 2 is 2.00 bits per heavy atom. The molecule has 104 valence electrons. The van der Waals surface area contributed by atoms with Crippen LogP contribution in [0.4, 0.5) is 0 Å². The van der Waals surface area contributed by atoms with Crippen LogP contribution < -0.4 is 4.74 Å². The van der Waals surface area contributed by atoms with Crippen molar-refractivity contribution in [2.24, 2.45) is 0 Å². The largest absolute Gasteiger partial charge is 0.491 e. The van der Waals surface area contributed by atoms with Gasteiger partial charge in [0.15, 0.2) is 0 Å². The quantitative estimate of drug-likeness (QED) is 0.579. The number of carbonyl (C=O) groups is 1. The second kappa shape index (κ2) is 8.32. The first kappa shape index (κ1) is 15.2. The molecule has 0 aromatic heterocycles. The predicted molar refractivity (Wildman–Crippen MR) is 74.3 cm³/mol. The molecule has 0 bridgehead atoms. The first-order valence-corrected chi connectivity index (χ1v) is 6.37. The first-order chi connectivity index (χ1) is 9.11. The summed E-state index contributed by atoms with van der Waals surface area (Å²) in [6, 6.07) is 7.24. The van der Waals surface area contributed by atoms with E-state index < -0.39 is 5.97 Å². The maximum Gasteiger partial charge on any atom is 0.328 e. The molecule has 0 aliphatic rings. The maximum atomic E-state index is 10.4. The minimum atomic E-state index is -0.956. The molecular formula is C15H20O4. The number of aliphatic carboxylic acids is 1. The number of hydrogen-bond acceptors (Lipinski definition) is 3. The van der Waals surface area contributed by atoms with E-state index in [1.54, 1.807) is 0 Å². The maximum absolute atomic E-state index is 10.4. The van der Waals surface area contributed by atoms with Gasteiger partial charge >= 0.3 is 5.97 Å². The van der Waals surface area contributed by atoms with Crippen LogP contribution in [-0.4, -0.2) is 30.4 Å². The number of carboxylic acid groups (broad SMARTS) is 1. The van der Waals surface area contributed by atoms with Crippen molar-refractivity contribution < 1.29 is 19.4 Å². The van der Waals surface area contributed by atoms with Gasteiger partial charge in [-0.3, -0.25) is 0 Å². The summed E-state index contributed by atoms with van der Waals surface area (Å²) in [4.78, 5) is 10.4. The number of hydrogen-bond donors (Lipinski definition) is 1. The van der Waals surface area contributed by atoms with Gasteiger partial charge in [0.2, 0.25) is 0 Å². The number of ether oxygens (including phenoxy) is 2. The monoisotopic (exact) mass is 264 g/mol. The van der Waals surface area contributed by atoms with Crippen LogP contribution in [0.3, 0.4) is 0 Å². The SMILES string of the molecule is CCC(C)OCCOc1ccc(C=CC(=O)O)cc1. The zero-order valence-electron chi connectivity index (χ0n) is 11.3. The smallest absolute Gasteiger partial charge is 0.328 e. The van der Waals surface area contributed by atoms with Gasteiger partial charge in [-0.15, -0.1) is 0 Å². The Balaban J connectivity index is 2.34. The van der Waals surface area contributed by atoms with Crippen molar-refractivity contribution in [3.63, 3.8) is 0 Å². The minimum absolute atomic E-state index is 0.257. The Bertz CT molecular complexity index is 409. The fourth-order valence-corrected chi connectivity index (χ4v) is 1.37. The molecule has 0 aliphatic carbocycles. The number of rotatable bonds is 8. The van der Waals surface area contributed by atoms with Crippen molar-refractivity contribution in [3.05, 3.63) is 35.9 Å². The molecule has 0 saturated carbocycles. The minimum Gasteiger partial charge on any atom is -0.491 e. The molecule has 4 heteroatoms. The molecule has 1 unspecified atom stereocenters. The Morgan fingerprint density at radius 1 is 1.32 bits per heavy atom. The lowest BCUT2D eigenvalue weighted by Crippen LogP contribution is -2.13. The van der Waals surface area contributed by atoms with E-state index >= 15 is 0 Å². The average molecular weight is 264 g/mol. The molecule has 0 saturated heterocycles. The highest BCUT2D eigenvalue weighted by atomic mass is 16.5. The third-order valence-electron chi connectivity index (χ3n) is 2.63. The van der Waals surface area contributed by atoms with Crippen molar-refractivity contribution in [2.75, 3.05) is 13.2 Å². The third kappa shape index (κ3) is 6.62. The van der Waals surface area contributed by atoms with Gasteiger partial charge in [0, 0.05) is 6.08 Å². The molecule has 1 atom stereocenters. The average Bonchev–Trinajstić information content (AvgIpc) is 2.42. The lowest BCUT2D eigenvalue weighted by Gasteiger charge is -2.11. The van der Waals surface area contributed by atoms with Crippen LogP contribution in [0.5, 0.6) is 5.75 Å². The second-order valence-electron chi connectivity index (χ2n) is 4.18. The van der Waals surface area contributed by atoms with E-state index in [9.17, 15) is 4.79 Å². The van der Waals surface area contributed by atoms with E-state index in [2.05, 4.69) is 6.92 Å². The summed E-state index contributed by atoms with van der Waals surface area (Å²) in [7, 11) is 0. The highest BCUT2D eigenvalue weighted by Gasteiger charge is 1.98. The van der Waals surface area contributed by atoms with Crippen LogP contribution in [0.1, 0.15) is 25.8 Å². The van der Waals surface area contributed by atoms with Crippen molar-refractivity contribution in [2.45, 2.75) is 26.4 Å². The van der Waals surface area contributed by atoms with Gasteiger partial charge in [-0.25, -0.2) is 4.79 Å². The second-order valence-corrected chi connectivity index (χ2v) is 4.18. The molecule has 0 fully saturated rings. The van der Waals surface area contributed by atoms with Crippen LogP contribution in [-0.2, 0) is 9.53 Å². The Morgan fingerprint density at radius 3 is 2.58 bits per heavy atom. The fourth-order valence-electron chi connectivity index (χ4n) is 1.37. The van der Waals surface area contributed by atoms with Gasteiger partial charge in [0.25, 0.3) is 0 Å². The molecule has 1 rings (SSSR count). The van der Waals surface area contributed by atoms with Gasteiger partial charge in [-0.05, 0) is 37.1 Å². The molecule has 0 spiro atoms. The summed E-state index contributed by atoms with van der Waals surface area (Å²) in [5.74, 6) is -0.206. The van der Waals surface area contributed by atoms with Crippen LogP contribution in [0.2, 0.25) is 0 Å². The summed E-state index contributed by atoms with van der Waals surface area (Å²) in [5.41, 5.74) is 0.825. The summed E-state index contributed by atoms with van der Waals surface area (Å²) in [5, 5.41) is 8.51. The molecule has 1 N–H and O–H groups in total. The van der Waals surface area contributed by atoms with Crippen LogP contribution in [0.25, 0.3) is 6.08 Å². The molecule has 19 heavy (non-hydrogen) atoms. The summed E-state index contributed by atoms with van der Waals surface area (Å²) >= 11 is 0. The topological polar surface area (TPSA) is 55.8 Å². The van der Waals surface area contributed by atoms with Gasteiger partial charge in [0.1, 0.15) is 12.4 Å². The van der Waals surface area contributed by atoms with Crippen LogP contribution in [0.15, 0.2) is 30.3 Å². The molecule has 0 radical (unpaired) electrons. The van der Waals surface area contributed by atoms with E-state index in [-0.39, 0.29) is 6.10 Å². The Labute approximate surface area is 113 Å². The number of benzene rings is 1. The molecule has 0 heterocycles. The molecule has 0 amide bonds. The molecule has 0 aliphatic heterocycles. The predicted octanol–water partition coefficient (Wildman–Crippen LogP) is 2.98. The third-order valence-corrected chi connectivity index (χ3v) is 2.63. The lowest BCUT2D eigenvalue weighted by atomic mass is 10.2. The van der Waals surface area contributed by atoms with Crippen molar-refractivity contribution >= 4 is 12.0 Å². The normalized spacial score (nSPS) is 12.5. The lowest BCUT2D eigenvalue weighted by molar-refractivity contribution is -0.131. The van der Waals surface area contributed by atoms with E-state index in [1.807, 2.05) is 31.2 Å². The van der Waals surface area contributed by atoms with E-state index in [1.165, 1.54) is 6.08 Å².